The summed E-state index contributed by atoms with van der Waals surface area (Å²) in [6.07, 6.45) is 0.932. The molecule has 0 unspecified atom stereocenters. The molecule has 0 atom stereocenters. The molecule has 0 spiro atoms. The van der Waals surface area contributed by atoms with E-state index in [0.717, 1.165) is 41.5 Å². The Bertz CT molecular complexity index is 527. The smallest absolute Gasteiger partial charge is 0.128 e. The Kier molecular flexibility index (Phi) is 5.98. The molecule has 3 N–H and O–H groups in total. The fourth-order valence-corrected chi connectivity index (χ4v) is 2.73. The summed E-state index contributed by atoms with van der Waals surface area (Å²) < 4.78 is 5.65. The lowest BCUT2D eigenvalue weighted by atomic mass is 10.1. The number of hydrogen-bond donors (Lipinski definition) is 2. The Morgan fingerprint density at radius 3 is 2.95 bits per heavy atom. The molecule has 4 nitrogen and oxygen atoms in total. The first-order valence-electron chi connectivity index (χ1n) is 6.92. The van der Waals surface area contributed by atoms with Crippen LogP contribution < -0.4 is 15.8 Å². The third kappa shape index (κ3) is 4.03. The Morgan fingerprint density at radius 1 is 1.30 bits per heavy atom. The fraction of sp³-hybridized carbons (Fsp3) is 0.400. The van der Waals surface area contributed by atoms with Gasteiger partial charge in [-0.15, -0.1) is 11.3 Å². The second kappa shape index (κ2) is 7.99. The van der Waals surface area contributed by atoms with Crippen LogP contribution in [0.4, 0.5) is 0 Å². The highest BCUT2D eigenvalue weighted by Crippen LogP contribution is 2.30. The van der Waals surface area contributed by atoms with Crippen LogP contribution in [0.1, 0.15) is 11.9 Å². The monoisotopic (exact) mass is 291 g/mol. The van der Waals surface area contributed by atoms with Gasteiger partial charge in [-0.05, 0) is 19.1 Å². The molecule has 5 heteroatoms. The maximum Gasteiger partial charge on any atom is 0.128 e. The number of rotatable bonds is 8. The highest BCUT2D eigenvalue weighted by atomic mass is 32.1. The van der Waals surface area contributed by atoms with E-state index in [4.69, 9.17) is 10.5 Å². The first kappa shape index (κ1) is 15.0. The first-order valence-corrected chi connectivity index (χ1v) is 7.80. The van der Waals surface area contributed by atoms with Crippen molar-refractivity contribution in [3.8, 4) is 17.0 Å². The average molecular weight is 291 g/mol. The summed E-state index contributed by atoms with van der Waals surface area (Å²) in [5, 5.41) is 6.51. The molecular weight excluding hydrogens is 270 g/mol. The fourth-order valence-electron chi connectivity index (χ4n) is 1.93. The predicted molar refractivity (Wildman–Crippen MR) is 84.3 cm³/mol. The van der Waals surface area contributed by atoms with Gasteiger partial charge in [0, 0.05) is 37.0 Å². The van der Waals surface area contributed by atoms with Crippen LogP contribution in [0.3, 0.4) is 0 Å². The Morgan fingerprint density at radius 2 is 2.15 bits per heavy atom. The van der Waals surface area contributed by atoms with Gasteiger partial charge in [0.25, 0.3) is 0 Å². The van der Waals surface area contributed by atoms with Crippen molar-refractivity contribution in [3.63, 3.8) is 0 Å². The molecule has 0 aliphatic rings. The molecule has 1 aromatic carbocycles. The number of nitrogens with one attached hydrogen (secondary N) is 1. The van der Waals surface area contributed by atoms with Crippen LogP contribution in [0, 0.1) is 0 Å². The number of aromatic nitrogens is 1. The average Bonchev–Trinajstić information content (AvgIpc) is 2.93. The van der Waals surface area contributed by atoms with Gasteiger partial charge in [-0.2, -0.15) is 0 Å². The van der Waals surface area contributed by atoms with Gasteiger partial charge in [0.2, 0.25) is 0 Å². The third-order valence-electron chi connectivity index (χ3n) is 2.85. The third-order valence-corrected chi connectivity index (χ3v) is 3.76. The van der Waals surface area contributed by atoms with Crippen molar-refractivity contribution in [2.24, 2.45) is 5.73 Å². The van der Waals surface area contributed by atoms with Crippen LogP contribution in [0.25, 0.3) is 11.3 Å². The van der Waals surface area contributed by atoms with Gasteiger partial charge >= 0.3 is 0 Å². The number of thiazole rings is 1. The molecule has 20 heavy (non-hydrogen) atoms. The summed E-state index contributed by atoms with van der Waals surface area (Å²) in [6, 6.07) is 8.04. The van der Waals surface area contributed by atoms with Gasteiger partial charge in [0.15, 0.2) is 0 Å². The van der Waals surface area contributed by atoms with Gasteiger partial charge in [-0.25, -0.2) is 4.98 Å². The zero-order valence-corrected chi connectivity index (χ0v) is 12.6. The van der Waals surface area contributed by atoms with Crippen molar-refractivity contribution in [1.29, 1.82) is 0 Å². The van der Waals surface area contributed by atoms with Crippen LogP contribution >= 0.6 is 11.3 Å². The summed E-state index contributed by atoms with van der Waals surface area (Å²) in [5.41, 5.74) is 7.50. The lowest BCUT2D eigenvalue weighted by Crippen LogP contribution is -2.24. The van der Waals surface area contributed by atoms with Crippen LogP contribution in [0.5, 0.6) is 5.75 Å². The van der Waals surface area contributed by atoms with Gasteiger partial charge in [-0.3, -0.25) is 0 Å². The number of nitrogens with two attached hydrogens (primary N) is 1. The van der Waals surface area contributed by atoms with Crippen LogP contribution in [-0.2, 0) is 6.42 Å². The van der Waals surface area contributed by atoms with Crippen molar-refractivity contribution < 1.29 is 4.74 Å². The summed E-state index contributed by atoms with van der Waals surface area (Å²) in [7, 11) is 0. The van der Waals surface area contributed by atoms with Gasteiger partial charge in [-0.1, -0.05) is 12.1 Å². The van der Waals surface area contributed by atoms with Gasteiger partial charge in [0.05, 0.1) is 17.3 Å². The standard InChI is InChI=1S/C15H21N3OS/c1-2-19-14-6-4-3-5-12(14)13-11-20-15(18-13)7-9-17-10-8-16/h3-6,11,17H,2,7-10,16H2,1H3. The van der Waals surface area contributed by atoms with Gasteiger partial charge < -0.3 is 15.8 Å². The maximum atomic E-state index is 5.65. The maximum absolute atomic E-state index is 5.65. The molecule has 0 saturated heterocycles. The van der Waals surface area contributed by atoms with E-state index in [1.54, 1.807) is 11.3 Å². The SMILES string of the molecule is CCOc1ccccc1-c1csc(CCNCCN)n1. The van der Waals surface area contributed by atoms with E-state index in [9.17, 15) is 0 Å². The molecule has 0 aliphatic heterocycles. The second-order valence-corrected chi connectivity index (χ2v) is 5.29. The van der Waals surface area contributed by atoms with E-state index in [2.05, 4.69) is 21.7 Å². The van der Waals surface area contributed by atoms with E-state index >= 15 is 0 Å². The van der Waals surface area contributed by atoms with Gasteiger partial charge in [0.1, 0.15) is 5.75 Å². The van der Waals surface area contributed by atoms with E-state index in [1.165, 1.54) is 0 Å². The Balaban J connectivity index is 2.04. The molecule has 0 radical (unpaired) electrons. The summed E-state index contributed by atoms with van der Waals surface area (Å²) >= 11 is 1.69. The highest BCUT2D eigenvalue weighted by molar-refractivity contribution is 7.09. The van der Waals surface area contributed by atoms with E-state index in [-0.39, 0.29) is 0 Å². The van der Waals surface area contributed by atoms with Crippen molar-refractivity contribution in [2.75, 3.05) is 26.2 Å². The predicted octanol–water partition coefficient (Wildman–Crippen LogP) is 2.30. The van der Waals surface area contributed by atoms with E-state index in [0.29, 0.717) is 13.2 Å². The van der Waals surface area contributed by atoms with Crippen molar-refractivity contribution >= 4 is 11.3 Å². The molecule has 2 aromatic rings. The Hall–Kier alpha value is -1.43. The lowest BCUT2D eigenvalue weighted by Gasteiger charge is -2.07. The van der Waals surface area contributed by atoms with Crippen molar-refractivity contribution in [3.05, 3.63) is 34.7 Å². The molecule has 2 rings (SSSR count). The van der Waals surface area contributed by atoms with Crippen molar-refractivity contribution in [1.82, 2.24) is 10.3 Å². The lowest BCUT2D eigenvalue weighted by molar-refractivity contribution is 0.341. The molecule has 108 valence electrons. The summed E-state index contributed by atoms with van der Waals surface area (Å²) in [4.78, 5) is 4.69. The number of hydrogen-bond acceptors (Lipinski definition) is 5. The summed E-state index contributed by atoms with van der Waals surface area (Å²) in [5.74, 6) is 0.896. The number of benzene rings is 1. The largest absolute Gasteiger partial charge is 0.493 e. The molecule has 0 amide bonds. The summed E-state index contributed by atoms with van der Waals surface area (Å²) in [6.45, 7) is 5.09. The minimum atomic E-state index is 0.664. The normalized spacial score (nSPS) is 10.7. The molecule has 0 fully saturated rings. The van der Waals surface area contributed by atoms with E-state index in [1.807, 2.05) is 25.1 Å². The van der Waals surface area contributed by atoms with E-state index < -0.39 is 0 Å². The van der Waals surface area contributed by atoms with Crippen LogP contribution in [0.2, 0.25) is 0 Å². The highest BCUT2D eigenvalue weighted by Gasteiger charge is 2.09. The second-order valence-electron chi connectivity index (χ2n) is 4.34. The first-order chi connectivity index (χ1) is 9.85. The number of nitrogens with zero attached hydrogens (tertiary/aromatic N) is 1. The molecule has 0 saturated carbocycles. The molecular formula is C15H21N3OS. The molecule has 1 heterocycles. The van der Waals surface area contributed by atoms with Crippen molar-refractivity contribution in [2.45, 2.75) is 13.3 Å². The zero-order valence-electron chi connectivity index (χ0n) is 11.8. The number of para-hydroxylation sites is 1. The minimum absolute atomic E-state index is 0.664. The molecule has 0 aliphatic carbocycles. The van der Waals surface area contributed by atoms with Crippen LogP contribution in [-0.4, -0.2) is 31.2 Å². The topological polar surface area (TPSA) is 60.2 Å². The quantitative estimate of drug-likeness (QED) is 0.733. The zero-order chi connectivity index (χ0) is 14.2. The number of ether oxygens (including phenoxy) is 1. The molecule has 0 bridgehead atoms. The molecule has 1 aromatic heterocycles. The Labute approximate surface area is 124 Å². The minimum Gasteiger partial charge on any atom is -0.493 e. The van der Waals surface area contributed by atoms with Crippen LogP contribution in [0.15, 0.2) is 29.6 Å².